The van der Waals surface area contributed by atoms with Crippen LogP contribution in [-0.4, -0.2) is 59.0 Å². The summed E-state index contributed by atoms with van der Waals surface area (Å²) in [6, 6.07) is 6.39. The van der Waals surface area contributed by atoms with E-state index >= 15 is 0 Å². The number of imidazole rings is 1. The van der Waals surface area contributed by atoms with Crippen molar-refractivity contribution < 1.29 is 0 Å². The van der Waals surface area contributed by atoms with Crippen molar-refractivity contribution in [3.05, 3.63) is 29.6 Å². The molecule has 0 bridgehead atoms. The van der Waals surface area contributed by atoms with Gasteiger partial charge < -0.3 is 14.8 Å². The van der Waals surface area contributed by atoms with Gasteiger partial charge in [-0.05, 0) is 57.6 Å². The maximum atomic E-state index is 4.88. The van der Waals surface area contributed by atoms with Gasteiger partial charge in [0.05, 0.1) is 11.0 Å². The number of nitrogens with one attached hydrogen (secondary N) is 1. The fraction of sp³-hybridized carbons (Fsp3) is 0.632. The van der Waals surface area contributed by atoms with Crippen LogP contribution >= 0.6 is 0 Å². The molecular formula is C19H30N4. The minimum atomic E-state index is 0.589. The number of rotatable bonds is 6. The summed E-state index contributed by atoms with van der Waals surface area (Å²) >= 11 is 0. The Balaban J connectivity index is 1.56. The molecule has 1 saturated heterocycles. The number of H-pyrrole nitrogens is 1. The number of benzene rings is 1. The van der Waals surface area contributed by atoms with Crippen LogP contribution in [0.3, 0.4) is 0 Å². The molecule has 4 nitrogen and oxygen atoms in total. The van der Waals surface area contributed by atoms with Gasteiger partial charge in [-0.25, -0.2) is 4.98 Å². The SMILES string of the molecule is CCN(CC)CCN1CCC(c2nc3c(C)cccc3[nH]2)CC1. The van der Waals surface area contributed by atoms with Crippen LogP contribution in [0.15, 0.2) is 18.2 Å². The molecule has 3 rings (SSSR count). The third-order valence-electron chi connectivity index (χ3n) is 5.33. The van der Waals surface area contributed by atoms with Crippen molar-refractivity contribution >= 4 is 11.0 Å². The van der Waals surface area contributed by atoms with Gasteiger partial charge >= 0.3 is 0 Å². The fourth-order valence-electron chi connectivity index (χ4n) is 3.64. The van der Waals surface area contributed by atoms with E-state index in [-0.39, 0.29) is 0 Å². The molecule has 0 radical (unpaired) electrons. The minimum Gasteiger partial charge on any atom is -0.342 e. The second-order valence-corrected chi connectivity index (χ2v) is 6.74. The molecule has 0 unspecified atom stereocenters. The van der Waals surface area contributed by atoms with Crippen LogP contribution in [0, 0.1) is 6.92 Å². The molecule has 1 aromatic heterocycles. The van der Waals surface area contributed by atoms with Gasteiger partial charge in [-0.15, -0.1) is 0 Å². The molecule has 1 N–H and O–H groups in total. The third kappa shape index (κ3) is 3.75. The number of likely N-dealkylation sites (tertiary alicyclic amines) is 1. The number of aromatic nitrogens is 2. The first-order valence-electron chi connectivity index (χ1n) is 9.11. The molecule has 2 heterocycles. The van der Waals surface area contributed by atoms with E-state index in [0.717, 1.165) is 18.6 Å². The highest BCUT2D eigenvalue weighted by molar-refractivity contribution is 5.78. The zero-order valence-corrected chi connectivity index (χ0v) is 14.8. The first kappa shape index (κ1) is 16.5. The molecule has 2 aromatic rings. The second-order valence-electron chi connectivity index (χ2n) is 6.74. The molecule has 23 heavy (non-hydrogen) atoms. The smallest absolute Gasteiger partial charge is 0.110 e. The summed E-state index contributed by atoms with van der Waals surface area (Å²) in [6.45, 7) is 13.7. The predicted molar refractivity (Wildman–Crippen MR) is 97.0 cm³/mol. The summed E-state index contributed by atoms with van der Waals surface area (Å²) in [5.74, 6) is 1.78. The highest BCUT2D eigenvalue weighted by atomic mass is 15.2. The molecular weight excluding hydrogens is 284 g/mol. The van der Waals surface area contributed by atoms with Gasteiger partial charge in [0.25, 0.3) is 0 Å². The van der Waals surface area contributed by atoms with Crippen molar-refractivity contribution in [1.82, 2.24) is 19.8 Å². The molecule has 0 amide bonds. The highest BCUT2D eigenvalue weighted by Crippen LogP contribution is 2.28. The van der Waals surface area contributed by atoms with Crippen LogP contribution in [0.4, 0.5) is 0 Å². The van der Waals surface area contributed by atoms with Crippen LogP contribution in [0.25, 0.3) is 11.0 Å². The molecule has 1 aliphatic heterocycles. The Labute approximate surface area is 139 Å². The predicted octanol–water partition coefficient (Wildman–Crippen LogP) is 3.39. The van der Waals surface area contributed by atoms with Gasteiger partial charge in [0.15, 0.2) is 0 Å². The van der Waals surface area contributed by atoms with Gasteiger partial charge in [0, 0.05) is 19.0 Å². The molecule has 0 saturated carbocycles. The lowest BCUT2D eigenvalue weighted by Crippen LogP contribution is -2.39. The number of piperidine rings is 1. The molecule has 0 aliphatic carbocycles. The van der Waals surface area contributed by atoms with Gasteiger partial charge in [-0.2, -0.15) is 0 Å². The highest BCUT2D eigenvalue weighted by Gasteiger charge is 2.23. The maximum absolute atomic E-state index is 4.88. The zero-order chi connectivity index (χ0) is 16.2. The number of hydrogen-bond donors (Lipinski definition) is 1. The normalized spacial score (nSPS) is 17.4. The fourth-order valence-corrected chi connectivity index (χ4v) is 3.64. The van der Waals surface area contributed by atoms with Gasteiger partial charge in [-0.3, -0.25) is 0 Å². The van der Waals surface area contributed by atoms with E-state index in [1.54, 1.807) is 0 Å². The van der Waals surface area contributed by atoms with Gasteiger partial charge in [0.1, 0.15) is 5.82 Å². The average Bonchev–Trinajstić information content (AvgIpc) is 3.02. The molecule has 0 atom stereocenters. The Bertz CT molecular complexity index is 621. The van der Waals surface area contributed by atoms with E-state index in [1.807, 2.05) is 0 Å². The number of hydrogen-bond acceptors (Lipinski definition) is 3. The standard InChI is InChI=1S/C19H30N4/c1-4-22(5-2)13-14-23-11-9-16(10-12-23)19-20-17-8-6-7-15(3)18(17)21-19/h6-8,16H,4-5,9-14H2,1-3H3,(H,20,21). The van der Waals surface area contributed by atoms with E-state index in [1.165, 1.54) is 55.9 Å². The second kappa shape index (κ2) is 7.45. The summed E-state index contributed by atoms with van der Waals surface area (Å²) in [6.07, 6.45) is 2.44. The monoisotopic (exact) mass is 314 g/mol. The lowest BCUT2D eigenvalue weighted by atomic mass is 9.96. The van der Waals surface area contributed by atoms with Crippen molar-refractivity contribution in [3.63, 3.8) is 0 Å². The first-order chi connectivity index (χ1) is 11.2. The van der Waals surface area contributed by atoms with Crippen LogP contribution in [-0.2, 0) is 0 Å². The lowest BCUT2D eigenvalue weighted by Gasteiger charge is -2.32. The van der Waals surface area contributed by atoms with Crippen LogP contribution in [0.2, 0.25) is 0 Å². The molecule has 0 spiro atoms. The Morgan fingerprint density at radius 1 is 1.22 bits per heavy atom. The van der Waals surface area contributed by atoms with Crippen LogP contribution in [0.1, 0.15) is 44.0 Å². The largest absolute Gasteiger partial charge is 0.342 e. The molecule has 1 aliphatic rings. The van der Waals surface area contributed by atoms with Crippen LogP contribution < -0.4 is 0 Å². The topological polar surface area (TPSA) is 35.2 Å². The van der Waals surface area contributed by atoms with Crippen LogP contribution in [0.5, 0.6) is 0 Å². The summed E-state index contributed by atoms with van der Waals surface area (Å²) in [5.41, 5.74) is 3.59. The number of likely N-dealkylation sites (N-methyl/N-ethyl adjacent to an activating group) is 1. The van der Waals surface area contributed by atoms with E-state index < -0.39 is 0 Å². The van der Waals surface area contributed by atoms with Gasteiger partial charge in [0.2, 0.25) is 0 Å². The van der Waals surface area contributed by atoms with E-state index in [9.17, 15) is 0 Å². The van der Waals surface area contributed by atoms with E-state index in [2.05, 4.69) is 53.8 Å². The van der Waals surface area contributed by atoms with E-state index in [0.29, 0.717) is 5.92 Å². The van der Waals surface area contributed by atoms with Crippen molar-refractivity contribution in [2.24, 2.45) is 0 Å². The Kier molecular flexibility index (Phi) is 5.34. The minimum absolute atomic E-state index is 0.589. The zero-order valence-electron chi connectivity index (χ0n) is 14.8. The first-order valence-corrected chi connectivity index (χ1v) is 9.11. The Morgan fingerprint density at radius 3 is 2.61 bits per heavy atom. The maximum Gasteiger partial charge on any atom is 0.110 e. The van der Waals surface area contributed by atoms with Gasteiger partial charge in [-0.1, -0.05) is 26.0 Å². The number of aryl methyl sites for hydroxylation is 1. The Morgan fingerprint density at radius 2 is 1.96 bits per heavy atom. The van der Waals surface area contributed by atoms with Crippen molar-refractivity contribution in [1.29, 1.82) is 0 Å². The number of aromatic amines is 1. The quantitative estimate of drug-likeness (QED) is 0.887. The van der Waals surface area contributed by atoms with Crippen molar-refractivity contribution in [2.45, 2.75) is 39.5 Å². The average molecular weight is 314 g/mol. The number of fused-ring (bicyclic) bond motifs is 1. The number of para-hydroxylation sites is 1. The Hall–Kier alpha value is -1.39. The summed E-state index contributed by atoms with van der Waals surface area (Å²) in [5, 5.41) is 0. The lowest BCUT2D eigenvalue weighted by molar-refractivity contribution is 0.177. The van der Waals surface area contributed by atoms with Crippen molar-refractivity contribution in [3.8, 4) is 0 Å². The summed E-state index contributed by atoms with van der Waals surface area (Å²) < 4.78 is 0. The molecule has 4 heteroatoms. The third-order valence-corrected chi connectivity index (χ3v) is 5.33. The summed E-state index contributed by atoms with van der Waals surface area (Å²) in [4.78, 5) is 13.6. The van der Waals surface area contributed by atoms with E-state index in [4.69, 9.17) is 4.98 Å². The van der Waals surface area contributed by atoms with Crippen molar-refractivity contribution in [2.75, 3.05) is 39.3 Å². The molecule has 126 valence electrons. The summed E-state index contributed by atoms with van der Waals surface area (Å²) in [7, 11) is 0. The molecule has 1 aromatic carbocycles. The number of nitrogens with zero attached hydrogens (tertiary/aromatic N) is 3. The molecule has 1 fully saturated rings.